The van der Waals surface area contributed by atoms with Gasteiger partial charge in [0.2, 0.25) is 11.8 Å². The molecule has 1 aromatic rings. The van der Waals surface area contributed by atoms with Crippen LogP contribution in [0, 0.1) is 11.3 Å². The van der Waals surface area contributed by atoms with Crippen LogP contribution in [0.4, 0.5) is 0 Å². The van der Waals surface area contributed by atoms with Crippen LogP contribution < -0.4 is 0 Å². The van der Waals surface area contributed by atoms with Gasteiger partial charge in [0.15, 0.2) is 5.82 Å². The van der Waals surface area contributed by atoms with E-state index >= 15 is 0 Å². The van der Waals surface area contributed by atoms with Crippen LogP contribution in [0.3, 0.4) is 0 Å². The molecule has 7 nitrogen and oxygen atoms in total. The Morgan fingerprint density at radius 1 is 1.14 bits per heavy atom. The average Bonchev–Trinajstić information content (AvgIpc) is 3.24. The van der Waals surface area contributed by atoms with Crippen molar-refractivity contribution in [2.24, 2.45) is 11.3 Å². The van der Waals surface area contributed by atoms with Gasteiger partial charge in [0, 0.05) is 51.4 Å². The van der Waals surface area contributed by atoms with Crippen LogP contribution in [0.25, 0.3) is 0 Å². The fraction of sp³-hybridized carbons (Fsp3) is 0.810. The summed E-state index contributed by atoms with van der Waals surface area (Å²) in [5, 5.41) is 7.67. The van der Waals surface area contributed by atoms with Gasteiger partial charge in [0.05, 0.1) is 0 Å². The fourth-order valence-corrected chi connectivity index (χ4v) is 5.47. The second-order valence-corrected chi connectivity index (χ2v) is 9.55. The Bertz CT molecular complexity index is 759. The van der Waals surface area contributed by atoms with Gasteiger partial charge in [-0.2, -0.15) is 5.10 Å². The molecule has 0 aromatic carbocycles. The van der Waals surface area contributed by atoms with Gasteiger partial charge < -0.3 is 9.80 Å². The Labute approximate surface area is 166 Å². The van der Waals surface area contributed by atoms with Crippen LogP contribution in [0.5, 0.6) is 0 Å². The van der Waals surface area contributed by atoms with Gasteiger partial charge in [-0.05, 0) is 49.9 Å². The molecule has 28 heavy (non-hydrogen) atoms. The first-order valence-corrected chi connectivity index (χ1v) is 11.0. The molecule has 2 saturated heterocycles. The Balaban J connectivity index is 1.22. The number of nitrogens with zero attached hydrogens (tertiary/aromatic N) is 4. The van der Waals surface area contributed by atoms with Crippen LogP contribution in [0.15, 0.2) is 0 Å². The van der Waals surface area contributed by atoms with E-state index in [1.165, 1.54) is 32.1 Å². The summed E-state index contributed by atoms with van der Waals surface area (Å²) in [5.74, 6) is 3.70. The van der Waals surface area contributed by atoms with E-state index in [9.17, 15) is 9.59 Å². The largest absolute Gasteiger partial charge is 0.343 e. The number of aromatic amines is 1. The van der Waals surface area contributed by atoms with Crippen molar-refractivity contribution in [3.8, 4) is 0 Å². The number of likely N-dealkylation sites (tertiary alicyclic amines) is 2. The zero-order valence-corrected chi connectivity index (χ0v) is 16.8. The highest BCUT2D eigenvalue weighted by atomic mass is 16.2. The van der Waals surface area contributed by atoms with Crippen LogP contribution >= 0.6 is 0 Å². The van der Waals surface area contributed by atoms with Crippen molar-refractivity contribution < 1.29 is 9.59 Å². The number of nitrogens with one attached hydrogen (secondary N) is 1. The van der Waals surface area contributed by atoms with Gasteiger partial charge in [0.1, 0.15) is 5.82 Å². The first-order valence-electron chi connectivity index (χ1n) is 11.0. The zero-order chi connectivity index (χ0) is 19.3. The topological polar surface area (TPSA) is 82.2 Å². The number of hydrogen-bond donors (Lipinski definition) is 1. The molecule has 2 saturated carbocycles. The lowest BCUT2D eigenvalue weighted by atomic mass is 9.62. The SMILES string of the molecule is CC(=O)N1CCC(CC(=O)N2CC(c3nc(C4CC4)n[nH]3)C3(CCC3)C2)CC1. The average molecular weight is 386 g/mol. The highest BCUT2D eigenvalue weighted by Crippen LogP contribution is 2.55. The maximum atomic E-state index is 13.1. The molecule has 1 aromatic heterocycles. The summed E-state index contributed by atoms with van der Waals surface area (Å²) in [4.78, 5) is 33.4. The third-order valence-corrected chi connectivity index (χ3v) is 7.67. The van der Waals surface area contributed by atoms with Crippen molar-refractivity contribution in [2.45, 2.75) is 70.1 Å². The molecule has 5 rings (SSSR count). The molecule has 3 heterocycles. The Hall–Kier alpha value is -1.92. The van der Waals surface area contributed by atoms with Crippen LogP contribution in [0.1, 0.15) is 81.8 Å². The van der Waals surface area contributed by atoms with E-state index in [-0.39, 0.29) is 17.2 Å². The van der Waals surface area contributed by atoms with Crippen LogP contribution in [-0.4, -0.2) is 63.0 Å². The number of carbonyl (C=O) groups is 2. The maximum Gasteiger partial charge on any atom is 0.222 e. The molecular formula is C21H31N5O2. The quantitative estimate of drug-likeness (QED) is 0.863. The summed E-state index contributed by atoms with van der Waals surface area (Å²) in [6, 6.07) is 0. The molecule has 1 atom stereocenters. The molecule has 2 aliphatic carbocycles. The molecule has 152 valence electrons. The number of H-pyrrole nitrogens is 1. The van der Waals surface area contributed by atoms with E-state index in [0.29, 0.717) is 24.2 Å². The predicted molar refractivity (Wildman–Crippen MR) is 104 cm³/mol. The predicted octanol–water partition coefficient (Wildman–Crippen LogP) is 2.43. The lowest BCUT2D eigenvalue weighted by molar-refractivity contribution is -0.133. The van der Waals surface area contributed by atoms with E-state index in [0.717, 1.165) is 50.7 Å². The van der Waals surface area contributed by atoms with Crippen molar-refractivity contribution in [1.82, 2.24) is 25.0 Å². The normalized spacial score (nSPS) is 27.2. The van der Waals surface area contributed by atoms with Crippen LogP contribution in [0.2, 0.25) is 0 Å². The standard InChI is InChI=1S/C21H31N5O2/c1-14(27)25-9-5-15(6-10-25)11-18(28)26-12-17(21(13-26)7-2-8-21)20-22-19(23-24-20)16-3-4-16/h15-17H,2-13H2,1H3,(H,22,23,24). The van der Waals surface area contributed by atoms with E-state index < -0.39 is 0 Å². The molecule has 2 amide bonds. The van der Waals surface area contributed by atoms with Crippen molar-refractivity contribution in [1.29, 1.82) is 0 Å². The van der Waals surface area contributed by atoms with E-state index in [2.05, 4.69) is 15.1 Å². The zero-order valence-electron chi connectivity index (χ0n) is 16.8. The molecule has 2 aliphatic heterocycles. The van der Waals surface area contributed by atoms with Gasteiger partial charge in [0.25, 0.3) is 0 Å². The molecule has 0 bridgehead atoms. The minimum atomic E-state index is 0.150. The number of amides is 2. The lowest BCUT2D eigenvalue weighted by Crippen LogP contribution is -2.40. The van der Waals surface area contributed by atoms with Gasteiger partial charge in [-0.1, -0.05) is 6.42 Å². The van der Waals surface area contributed by atoms with E-state index in [4.69, 9.17) is 4.98 Å². The number of rotatable bonds is 4. The van der Waals surface area contributed by atoms with E-state index in [1.54, 1.807) is 6.92 Å². The Kier molecular flexibility index (Phi) is 4.43. The Morgan fingerprint density at radius 3 is 2.50 bits per heavy atom. The third kappa shape index (κ3) is 3.22. The van der Waals surface area contributed by atoms with Crippen molar-refractivity contribution in [2.75, 3.05) is 26.2 Å². The maximum absolute atomic E-state index is 13.1. The molecule has 4 fully saturated rings. The summed E-state index contributed by atoms with van der Waals surface area (Å²) in [5.41, 5.74) is 0.216. The first-order chi connectivity index (χ1) is 13.5. The molecule has 1 spiro atoms. The third-order valence-electron chi connectivity index (χ3n) is 7.67. The van der Waals surface area contributed by atoms with Crippen LogP contribution in [-0.2, 0) is 9.59 Å². The molecule has 0 radical (unpaired) electrons. The van der Waals surface area contributed by atoms with Gasteiger partial charge >= 0.3 is 0 Å². The molecule has 7 heteroatoms. The van der Waals surface area contributed by atoms with Gasteiger partial charge in [-0.25, -0.2) is 4.98 Å². The molecule has 1 N–H and O–H groups in total. The highest BCUT2D eigenvalue weighted by Gasteiger charge is 2.53. The molecular weight excluding hydrogens is 354 g/mol. The van der Waals surface area contributed by atoms with Crippen molar-refractivity contribution in [3.63, 3.8) is 0 Å². The highest BCUT2D eigenvalue weighted by molar-refractivity contribution is 5.77. The second-order valence-electron chi connectivity index (χ2n) is 9.55. The number of hydrogen-bond acceptors (Lipinski definition) is 4. The summed E-state index contributed by atoms with van der Waals surface area (Å²) >= 11 is 0. The number of aromatic nitrogens is 3. The van der Waals surface area contributed by atoms with Gasteiger partial charge in [-0.3, -0.25) is 14.7 Å². The summed E-state index contributed by atoms with van der Waals surface area (Å²) in [6.07, 6.45) is 8.57. The molecule has 1 unspecified atom stereocenters. The summed E-state index contributed by atoms with van der Waals surface area (Å²) in [6.45, 7) is 4.88. The monoisotopic (exact) mass is 385 g/mol. The smallest absolute Gasteiger partial charge is 0.222 e. The van der Waals surface area contributed by atoms with Crippen molar-refractivity contribution >= 4 is 11.8 Å². The lowest BCUT2D eigenvalue weighted by Gasteiger charge is -2.41. The van der Waals surface area contributed by atoms with Gasteiger partial charge in [-0.15, -0.1) is 0 Å². The fourth-order valence-electron chi connectivity index (χ4n) is 5.47. The van der Waals surface area contributed by atoms with Crippen molar-refractivity contribution in [3.05, 3.63) is 11.6 Å². The number of carbonyl (C=O) groups excluding carboxylic acids is 2. The number of piperidine rings is 1. The Morgan fingerprint density at radius 2 is 1.89 bits per heavy atom. The minimum absolute atomic E-state index is 0.150. The van der Waals surface area contributed by atoms with E-state index in [1.807, 2.05) is 4.90 Å². The second kappa shape index (κ2) is 6.85. The summed E-state index contributed by atoms with van der Waals surface area (Å²) in [7, 11) is 0. The minimum Gasteiger partial charge on any atom is -0.343 e. The molecule has 4 aliphatic rings. The summed E-state index contributed by atoms with van der Waals surface area (Å²) < 4.78 is 0. The first kappa shape index (κ1) is 18.1.